The minimum Gasteiger partial charge on any atom is -0.497 e. The van der Waals surface area contributed by atoms with Crippen LogP contribution < -0.4 is 10.1 Å². The molecule has 5 heteroatoms. The second-order valence-corrected chi connectivity index (χ2v) is 6.40. The van der Waals surface area contributed by atoms with Crippen molar-refractivity contribution in [1.29, 1.82) is 0 Å². The van der Waals surface area contributed by atoms with Crippen LogP contribution in [0.3, 0.4) is 0 Å². The number of hydrogen-bond acceptors (Lipinski definition) is 4. The van der Waals surface area contributed by atoms with Crippen LogP contribution in [-0.2, 0) is 6.42 Å². The van der Waals surface area contributed by atoms with Crippen LogP contribution in [0.25, 0.3) is 11.3 Å². The number of amides is 1. The lowest BCUT2D eigenvalue weighted by Crippen LogP contribution is -2.26. The maximum absolute atomic E-state index is 12.4. The summed E-state index contributed by atoms with van der Waals surface area (Å²) < 4.78 is 5.14. The fourth-order valence-electron chi connectivity index (χ4n) is 2.82. The number of nitrogens with one attached hydrogen (secondary N) is 1. The highest BCUT2D eigenvalue weighted by molar-refractivity contribution is 5.95. The van der Waals surface area contributed by atoms with Gasteiger partial charge in [-0.15, -0.1) is 0 Å². The van der Waals surface area contributed by atoms with Crippen LogP contribution in [0, 0.1) is 0 Å². The Labute approximate surface area is 164 Å². The van der Waals surface area contributed by atoms with E-state index in [-0.39, 0.29) is 11.7 Å². The number of rotatable bonds is 7. The zero-order valence-corrected chi connectivity index (χ0v) is 15.9. The molecule has 0 atom stereocenters. The van der Waals surface area contributed by atoms with E-state index < -0.39 is 0 Å². The van der Waals surface area contributed by atoms with E-state index in [1.807, 2.05) is 42.5 Å². The highest BCUT2D eigenvalue weighted by atomic mass is 16.5. The van der Waals surface area contributed by atoms with Crippen molar-refractivity contribution in [1.82, 2.24) is 10.3 Å². The first kappa shape index (κ1) is 19.3. The number of methoxy groups -OCH3 is 1. The highest BCUT2D eigenvalue weighted by Crippen LogP contribution is 2.19. The lowest BCUT2D eigenvalue weighted by molar-refractivity contribution is 0.0948. The summed E-state index contributed by atoms with van der Waals surface area (Å²) in [7, 11) is 1.63. The summed E-state index contributed by atoms with van der Waals surface area (Å²) in [5.41, 5.74) is 3.55. The SMILES string of the molecule is COc1ccc(CCNC(=O)c2cccc(-c3cccc(C(C)=O)c3)n2)cc1. The second kappa shape index (κ2) is 8.95. The largest absolute Gasteiger partial charge is 0.497 e. The van der Waals surface area contributed by atoms with Crippen LogP contribution in [0.5, 0.6) is 5.75 Å². The van der Waals surface area contributed by atoms with Crippen LogP contribution in [0.2, 0.25) is 0 Å². The molecule has 1 heterocycles. The lowest BCUT2D eigenvalue weighted by Gasteiger charge is -2.08. The molecule has 0 aliphatic carbocycles. The van der Waals surface area contributed by atoms with E-state index in [9.17, 15) is 9.59 Å². The smallest absolute Gasteiger partial charge is 0.269 e. The number of ketones is 1. The van der Waals surface area contributed by atoms with Gasteiger partial charge in [0.05, 0.1) is 12.8 Å². The molecule has 1 aromatic heterocycles. The Morgan fingerprint density at radius 3 is 2.46 bits per heavy atom. The van der Waals surface area contributed by atoms with Crippen molar-refractivity contribution in [3.05, 3.63) is 83.6 Å². The molecule has 0 unspecified atom stereocenters. The summed E-state index contributed by atoms with van der Waals surface area (Å²) in [4.78, 5) is 28.5. The van der Waals surface area contributed by atoms with Gasteiger partial charge in [-0.05, 0) is 49.2 Å². The van der Waals surface area contributed by atoms with Crippen molar-refractivity contribution in [3.63, 3.8) is 0 Å². The molecule has 1 amide bonds. The predicted molar refractivity (Wildman–Crippen MR) is 109 cm³/mol. The first-order valence-corrected chi connectivity index (χ1v) is 9.06. The highest BCUT2D eigenvalue weighted by Gasteiger charge is 2.10. The van der Waals surface area contributed by atoms with Gasteiger partial charge in [0.1, 0.15) is 11.4 Å². The molecule has 0 saturated carbocycles. The molecular formula is C23H22N2O3. The van der Waals surface area contributed by atoms with Crippen LogP contribution in [0.4, 0.5) is 0 Å². The van der Waals surface area contributed by atoms with Crippen LogP contribution in [0.15, 0.2) is 66.7 Å². The van der Waals surface area contributed by atoms with E-state index in [0.717, 1.165) is 23.3 Å². The van der Waals surface area contributed by atoms with Crippen LogP contribution in [-0.4, -0.2) is 30.3 Å². The van der Waals surface area contributed by atoms with Gasteiger partial charge in [-0.3, -0.25) is 9.59 Å². The number of ether oxygens (including phenoxy) is 1. The summed E-state index contributed by atoms with van der Waals surface area (Å²) >= 11 is 0. The number of aromatic nitrogens is 1. The quantitative estimate of drug-likeness (QED) is 0.636. The number of carbonyl (C=O) groups is 2. The zero-order valence-electron chi connectivity index (χ0n) is 15.9. The fraction of sp³-hybridized carbons (Fsp3) is 0.174. The Hall–Kier alpha value is -3.47. The molecule has 0 fully saturated rings. The Kier molecular flexibility index (Phi) is 6.17. The molecule has 0 aliphatic heterocycles. The Morgan fingerprint density at radius 1 is 1.00 bits per heavy atom. The molecule has 0 bridgehead atoms. The Morgan fingerprint density at radius 2 is 1.75 bits per heavy atom. The molecule has 28 heavy (non-hydrogen) atoms. The molecule has 2 aromatic carbocycles. The second-order valence-electron chi connectivity index (χ2n) is 6.40. The fourth-order valence-corrected chi connectivity index (χ4v) is 2.82. The number of carbonyl (C=O) groups excluding carboxylic acids is 2. The molecule has 0 spiro atoms. The average molecular weight is 374 g/mol. The van der Waals surface area contributed by atoms with Crippen molar-refractivity contribution < 1.29 is 14.3 Å². The molecule has 3 rings (SSSR count). The third-order valence-corrected chi connectivity index (χ3v) is 4.40. The third-order valence-electron chi connectivity index (χ3n) is 4.40. The van der Waals surface area contributed by atoms with Gasteiger partial charge in [0.2, 0.25) is 0 Å². The van der Waals surface area contributed by atoms with E-state index in [2.05, 4.69) is 10.3 Å². The van der Waals surface area contributed by atoms with Gasteiger partial charge in [-0.2, -0.15) is 0 Å². The number of Topliss-reactive ketones (excluding diaryl/α,β-unsaturated/α-hetero) is 1. The maximum atomic E-state index is 12.4. The number of nitrogens with zero attached hydrogens (tertiary/aromatic N) is 1. The van der Waals surface area contributed by atoms with Gasteiger partial charge in [-0.1, -0.05) is 36.4 Å². The molecule has 0 radical (unpaired) electrons. The first-order valence-electron chi connectivity index (χ1n) is 9.06. The van der Waals surface area contributed by atoms with E-state index in [4.69, 9.17) is 4.74 Å². The van der Waals surface area contributed by atoms with E-state index >= 15 is 0 Å². The summed E-state index contributed by atoms with van der Waals surface area (Å²) in [5, 5.41) is 2.90. The molecule has 3 aromatic rings. The monoisotopic (exact) mass is 374 g/mol. The minimum absolute atomic E-state index is 0.00530. The van der Waals surface area contributed by atoms with E-state index in [1.54, 1.807) is 31.4 Å². The number of benzene rings is 2. The van der Waals surface area contributed by atoms with Crippen molar-refractivity contribution >= 4 is 11.7 Å². The summed E-state index contributed by atoms with van der Waals surface area (Å²) in [6.45, 7) is 2.04. The molecule has 5 nitrogen and oxygen atoms in total. The first-order chi connectivity index (χ1) is 13.6. The lowest BCUT2D eigenvalue weighted by atomic mass is 10.1. The summed E-state index contributed by atoms with van der Waals surface area (Å²) in [6, 6.07) is 20.3. The molecule has 142 valence electrons. The normalized spacial score (nSPS) is 10.4. The Bertz CT molecular complexity index is 981. The zero-order chi connectivity index (χ0) is 19.9. The van der Waals surface area contributed by atoms with Crippen molar-refractivity contribution in [2.45, 2.75) is 13.3 Å². The average Bonchev–Trinajstić information content (AvgIpc) is 2.74. The van der Waals surface area contributed by atoms with Crippen molar-refractivity contribution in [2.24, 2.45) is 0 Å². The van der Waals surface area contributed by atoms with Gasteiger partial charge in [-0.25, -0.2) is 4.98 Å². The third kappa shape index (κ3) is 4.82. The van der Waals surface area contributed by atoms with Gasteiger partial charge in [0.25, 0.3) is 5.91 Å². The predicted octanol–water partition coefficient (Wildman–Crippen LogP) is 3.93. The molecular weight excluding hydrogens is 352 g/mol. The van der Waals surface area contributed by atoms with Gasteiger partial charge in [0.15, 0.2) is 5.78 Å². The molecule has 0 saturated heterocycles. The van der Waals surface area contributed by atoms with Crippen molar-refractivity contribution in [3.8, 4) is 17.0 Å². The van der Waals surface area contributed by atoms with Crippen LogP contribution >= 0.6 is 0 Å². The number of pyridine rings is 1. The van der Waals surface area contributed by atoms with E-state index in [0.29, 0.717) is 23.5 Å². The van der Waals surface area contributed by atoms with Gasteiger partial charge in [0, 0.05) is 17.7 Å². The molecule has 0 aliphatic rings. The summed E-state index contributed by atoms with van der Waals surface area (Å²) in [5.74, 6) is 0.579. The maximum Gasteiger partial charge on any atom is 0.269 e. The van der Waals surface area contributed by atoms with Gasteiger partial charge < -0.3 is 10.1 Å². The van der Waals surface area contributed by atoms with E-state index in [1.165, 1.54) is 6.92 Å². The van der Waals surface area contributed by atoms with Crippen LogP contribution in [0.1, 0.15) is 33.3 Å². The number of hydrogen-bond donors (Lipinski definition) is 1. The van der Waals surface area contributed by atoms with Gasteiger partial charge >= 0.3 is 0 Å². The Balaban J connectivity index is 1.65. The topological polar surface area (TPSA) is 68.3 Å². The summed E-state index contributed by atoms with van der Waals surface area (Å²) in [6.07, 6.45) is 0.718. The van der Waals surface area contributed by atoms with Crippen molar-refractivity contribution in [2.75, 3.05) is 13.7 Å². The minimum atomic E-state index is -0.224. The standard InChI is InChI=1S/C23H22N2O3/c1-16(26)18-5-3-6-19(15-18)21-7-4-8-22(25-21)23(27)24-14-13-17-9-11-20(28-2)12-10-17/h3-12,15H,13-14H2,1-2H3,(H,24,27). The molecule has 1 N–H and O–H groups in total.